The van der Waals surface area contributed by atoms with Gasteiger partial charge in [0, 0.05) is 11.9 Å². The highest BCUT2D eigenvalue weighted by Crippen LogP contribution is 2.23. The standard InChI is InChI=1S/C16H15N3S/c1-19(16-7-3-2-5-13(16)11-18)12-15-9-8-14(20-15)6-4-10-17/h2-3,5,7-9H,10,12,17H2,1H3. The highest BCUT2D eigenvalue weighted by Gasteiger charge is 2.08. The smallest absolute Gasteiger partial charge is 0.101 e. The Morgan fingerprint density at radius 2 is 2.05 bits per heavy atom. The summed E-state index contributed by atoms with van der Waals surface area (Å²) in [6, 6.07) is 13.9. The van der Waals surface area contributed by atoms with Crippen LogP contribution in [0, 0.1) is 23.2 Å². The lowest BCUT2D eigenvalue weighted by molar-refractivity contribution is 0.938. The number of para-hydroxylation sites is 1. The van der Waals surface area contributed by atoms with E-state index in [0.717, 1.165) is 17.1 Å². The summed E-state index contributed by atoms with van der Waals surface area (Å²) < 4.78 is 0. The van der Waals surface area contributed by atoms with E-state index in [2.05, 4.69) is 28.9 Å². The summed E-state index contributed by atoms with van der Waals surface area (Å²) in [4.78, 5) is 4.30. The van der Waals surface area contributed by atoms with Crippen molar-refractivity contribution in [3.63, 3.8) is 0 Å². The van der Waals surface area contributed by atoms with Gasteiger partial charge in [0.1, 0.15) is 6.07 Å². The fraction of sp³-hybridized carbons (Fsp3) is 0.188. The van der Waals surface area contributed by atoms with Crippen LogP contribution in [0.3, 0.4) is 0 Å². The van der Waals surface area contributed by atoms with Gasteiger partial charge in [-0.1, -0.05) is 24.0 Å². The monoisotopic (exact) mass is 281 g/mol. The van der Waals surface area contributed by atoms with E-state index in [0.29, 0.717) is 12.1 Å². The Hall–Kier alpha value is -2.27. The molecular weight excluding hydrogens is 266 g/mol. The molecule has 2 rings (SSSR count). The number of anilines is 1. The Morgan fingerprint density at radius 3 is 2.80 bits per heavy atom. The van der Waals surface area contributed by atoms with E-state index in [4.69, 9.17) is 11.0 Å². The molecule has 0 atom stereocenters. The van der Waals surface area contributed by atoms with Gasteiger partial charge in [-0.2, -0.15) is 5.26 Å². The average Bonchev–Trinajstić information content (AvgIpc) is 2.92. The lowest BCUT2D eigenvalue weighted by Crippen LogP contribution is -2.16. The first-order valence-electron chi connectivity index (χ1n) is 6.22. The third kappa shape index (κ3) is 3.39. The van der Waals surface area contributed by atoms with E-state index < -0.39 is 0 Å². The Balaban J connectivity index is 2.13. The van der Waals surface area contributed by atoms with Crippen molar-refractivity contribution in [3.8, 4) is 17.9 Å². The van der Waals surface area contributed by atoms with Crippen LogP contribution in [0.15, 0.2) is 36.4 Å². The second-order valence-electron chi connectivity index (χ2n) is 4.26. The van der Waals surface area contributed by atoms with Crippen molar-refractivity contribution in [2.45, 2.75) is 6.54 Å². The third-order valence-corrected chi connectivity index (χ3v) is 3.79. The SMILES string of the molecule is CN(Cc1ccc(C#CCN)s1)c1ccccc1C#N. The molecule has 0 saturated heterocycles. The fourth-order valence-electron chi connectivity index (χ4n) is 1.89. The fourth-order valence-corrected chi connectivity index (χ4v) is 2.82. The molecule has 0 aliphatic rings. The van der Waals surface area contributed by atoms with Crippen molar-refractivity contribution >= 4 is 17.0 Å². The molecule has 0 unspecified atom stereocenters. The molecule has 0 radical (unpaired) electrons. The van der Waals surface area contributed by atoms with Crippen molar-refractivity contribution in [2.75, 3.05) is 18.5 Å². The summed E-state index contributed by atoms with van der Waals surface area (Å²) in [5.74, 6) is 5.89. The van der Waals surface area contributed by atoms with E-state index in [1.165, 1.54) is 4.88 Å². The molecule has 2 aromatic rings. The van der Waals surface area contributed by atoms with Crippen molar-refractivity contribution in [1.82, 2.24) is 0 Å². The Morgan fingerprint density at radius 1 is 1.25 bits per heavy atom. The first-order chi connectivity index (χ1) is 9.74. The number of hydrogen-bond donors (Lipinski definition) is 1. The molecule has 0 fully saturated rings. The van der Waals surface area contributed by atoms with Crippen LogP contribution in [0.25, 0.3) is 0 Å². The molecule has 20 heavy (non-hydrogen) atoms. The Labute approximate surface area is 123 Å². The predicted octanol–water partition coefficient (Wildman–Crippen LogP) is 2.57. The summed E-state index contributed by atoms with van der Waals surface area (Å²) >= 11 is 1.66. The summed E-state index contributed by atoms with van der Waals surface area (Å²) in [5, 5.41) is 9.13. The minimum absolute atomic E-state index is 0.378. The molecule has 0 aliphatic heterocycles. The minimum Gasteiger partial charge on any atom is -0.368 e. The highest BCUT2D eigenvalue weighted by atomic mass is 32.1. The van der Waals surface area contributed by atoms with Crippen molar-refractivity contribution in [3.05, 3.63) is 51.7 Å². The predicted molar refractivity (Wildman–Crippen MR) is 83.5 cm³/mol. The van der Waals surface area contributed by atoms with Gasteiger partial charge in [-0.05, 0) is 24.3 Å². The van der Waals surface area contributed by atoms with E-state index in [9.17, 15) is 0 Å². The number of hydrogen-bond acceptors (Lipinski definition) is 4. The summed E-state index contributed by atoms with van der Waals surface area (Å²) in [5.41, 5.74) is 7.00. The maximum absolute atomic E-state index is 9.13. The molecule has 100 valence electrons. The first-order valence-corrected chi connectivity index (χ1v) is 7.04. The molecule has 0 aliphatic carbocycles. The second-order valence-corrected chi connectivity index (χ2v) is 5.43. The van der Waals surface area contributed by atoms with Gasteiger partial charge in [-0.25, -0.2) is 0 Å². The van der Waals surface area contributed by atoms with E-state index in [-0.39, 0.29) is 0 Å². The lowest BCUT2D eigenvalue weighted by Gasteiger charge is -2.19. The van der Waals surface area contributed by atoms with Crippen molar-refractivity contribution in [1.29, 1.82) is 5.26 Å². The number of nitrogens with zero attached hydrogens (tertiary/aromatic N) is 2. The van der Waals surface area contributed by atoms with E-state index >= 15 is 0 Å². The molecule has 0 spiro atoms. The van der Waals surface area contributed by atoms with Gasteiger partial charge < -0.3 is 10.6 Å². The van der Waals surface area contributed by atoms with Crippen LogP contribution in [0.2, 0.25) is 0 Å². The molecular formula is C16H15N3S. The molecule has 2 N–H and O–H groups in total. The van der Waals surface area contributed by atoms with E-state index in [1.807, 2.05) is 37.4 Å². The molecule has 0 saturated carbocycles. The van der Waals surface area contributed by atoms with Crippen LogP contribution in [0.5, 0.6) is 0 Å². The zero-order valence-electron chi connectivity index (χ0n) is 11.3. The number of nitrogens with two attached hydrogens (primary N) is 1. The molecule has 0 bridgehead atoms. The number of benzene rings is 1. The largest absolute Gasteiger partial charge is 0.368 e. The van der Waals surface area contributed by atoms with Gasteiger partial charge in [0.05, 0.1) is 29.2 Å². The zero-order valence-corrected chi connectivity index (χ0v) is 12.1. The second kappa shape index (κ2) is 6.77. The summed E-state index contributed by atoms with van der Waals surface area (Å²) in [7, 11) is 1.99. The first kappa shape index (κ1) is 14.1. The Bertz CT molecular complexity index is 685. The van der Waals surface area contributed by atoms with Gasteiger partial charge in [-0.3, -0.25) is 0 Å². The maximum atomic E-state index is 9.13. The zero-order chi connectivity index (χ0) is 14.4. The molecule has 3 nitrogen and oxygen atoms in total. The topological polar surface area (TPSA) is 53.0 Å². The van der Waals surface area contributed by atoms with Crippen molar-refractivity contribution in [2.24, 2.45) is 5.73 Å². The quantitative estimate of drug-likeness (QED) is 0.880. The molecule has 1 aromatic heterocycles. The van der Waals surface area contributed by atoms with Gasteiger partial charge in [0.2, 0.25) is 0 Å². The van der Waals surface area contributed by atoms with E-state index in [1.54, 1.807) is 11.3 Å². The van der Waals surface area contributed by atoms with Gasteiger partial charge >= 0.3 is 0 Å². The van der Waals surface area contributed by atoms with Gasteiger partial charge in [-0.15, -0.1) is 11.3 Å². The number of rotatable bonds is 3. The number of thiophene rings is 1. The highest BCUT2D eigenvalue weighted by molar-refractivity contribution is 7.12. The summed E-state index contributed by atoms with van der Waals surface area (Å²) in [6.07, 6.45) is 0. The van der Waals surface area contributed by atoms with Crippen LogP contribution in [-0.2, 0) is 6.54 Å². The van der Waals surface area contributed by atoms with Gasteiger partial charge in [0.15, 0.2) is 0 Å². The number of nitriles is 1. The maximum Gasteiger partial charge on any atom is 0.101 e. The molecule has 1 aromatic carbocycles. The van der Waals surface area contributed by atoms with Gasteiger partial charge in [0.25, 0.3) is 0 Å². The normalized spacial score (nSPS) is 9.45. The molecule has 1 heterocycles. The average molecular weight is 281 g/mol. The Kier molecular flexibility index (Phi) is 4.79. The van der Waals surface area contributed by atoms with Crippen molar-refractivity contribution < 1.29 is 0 Å². The lowest BCUT2D eigenvalue weighted by atomic mass is 10.2. The van der Waals surface area contributed by atoms with Crippen LogP contribution < -0.4 is 10.6 Å². The van der Waals surface area contributed by atoms with Crippen LogP contribution in [-0.4, -0.2) is 13.6 Å². The summed E-state index contributed by atoms with van der Waals surface area (Å²) in [6.45, 7) is 1.14. The van der Waals surface area contributed by atoms with Crippen LogP contribution in [0.1, 0.15) is 15.3 Å². The molecule has 4 heteroatoms. The van der Waals surface area contributed by atoms with Crippen LogP contribution >= 0.6 is 11.3 Å². The van der Waals surface area contributed by atoms with Crippen LogP contribution in [0.4, 0.5) is 5.69 Å². The third-order valence-electron chi connectivity index (χ3n) is 2.80. The minimum atomic E-state index is 0.378. The molecule has 0 amide bonds.